The molecular weight excluding hydrogens is 176 g/mol. The van der Waals surface area contributed by atoms with Gasteiger partial charge in [-0.25, -0.2) is 0 Å². The number of hydrogen-bond donors (Lipinski definition) is 4. The van der Waals surface area contributed by atoms with Gasteiger partial charge in [0.15, 0.2) is 6.29 Å². The molecular formula is C8H14O5. The topological polar surface area (TPSA) is 90.2 Å². The van der Waals surface area contributed by atoms with E-state index in [4.69, 9.17) is 14.9 Å². The Bertz CT molecular complexity index is 203. The molecule has 4 N–H and O–H groups in total. The van der Waals surface area contributed by atoms with Crippen molar-refractivity contribution in [1.82, 2.24) is 0 Å². The maximum Gasteiger partial charge on any atom is 0.184 e. The molecule has 0 radical (unpaired) electrons. The fourth-order valence-electron chi connectivity index (χ4n) is 1.23. The van der Waals surface area contributed by atoms with Gasteiger partial charge >= 0.3 is 0 Å². The summed E-state index contributed by atoms with van der Waals surface area (Å²) >= 11 is 0. The number of allylic oxidation sites excluding steroid dienone is 1. The molecule has 76 valence electrons. The van der Waals surface area contributed by atoms with Gasteiger partial charge in [0.1, 0.15) is 24.1 Å². The summed E-state index contributed by atoms with van der Waals surface area (Å²) < 4.78 is 4.74. The summed E-state index contributed by atoms with van der Waals surface area (Å²) in [5, 5.41) is 36.7. The van der Waals surface area contributed by atoms with E-state index in [1.54, 1.807) is 0 Å². The first-order valence-electron chi connectivity index (χ1n) is 4.16. The molecule has 5 heteroatoms. The summed E-state index contributed by atoms with van der Waals surface area (Å²) in [6.07, 6.45) is -3.06. The smallest absolute Gasteiger partial charge is 0.184 e. The van der Waals surface area contributed by atoms with Crippen LogP contribution in [-0.2, 0) is 4.74 Å². The van der Waals surface area contributed by atoms with E-state index in [0.717, 1.165) is 0 Å². The van der Waals surface area contributed by atoms with Gasteiger partial charge in [0.25, 0.3) is 0 Å². The van der Waals surface area contributed by atoms with Crippen LogP contribution in [0.4, 0.5) is 0 Å². The van der Waals surface area contributed by atoms with Gasteiger partial charge in [-0.2, -0.15) is 0 Å². The molecule has 1 heterocycles. The Morgan fingerprint density at radius 1 is 1.31 bits per heavy atom. The van der Waals surface area contributed by atoms with Crippen LogP contribution in [0.3, 0.4) is 0 Å². The van der Waals surface area contributed by atoms with Gasteiger partial charge in [-0.1, -0.05) is 6.92 Å². The van der Waals surface area contributed by atoms with E-state index in [0.29, 0.717) is 6.42 Å². The van der Waals surface area contributed by atoms with E-state index in [-0.39, 0.29) is 5.76 Å². The van der Waals surface area contributed by atoms with E-state index in [9.17, 15) is 10.2 Å². The molecule has 13 heavy (non-hydrogen) atoms. The Labute approximate surface area is 75.9 Å². The minimum Gasteiger partial charge on any atom is -0.510 e. The largest absolute Gasteiger partial charge is 0.510 e. The second kappa shape index (κ2) is 4.06. The lowest BCUT2D eigenvalue weighted by Gasteiger charge is -2.12. The zero-order chi connectivity index (χ0) is 10.0. The number of aliphatic hydroxyl groups is 4. The Kier molecular flexibility index (Phi) is 3.27. The number of hydrogen-bond acceptors (Lipinski definition) is 5. The summed E-state index contributed by atoms with van der Waals surface area (Å²) in [6, 6.07) is 0. The van der Waals surface area contributed by atoms with Crippen LogP contribution >= 0.6 is 0 Å². The van der Waals surface area contributed by atoms with E-state index < -0.39 is 24.6 Å². The zero-order valence-corrected chi connectivity index (χ0v) is 7.29. The van der Waals surface area contributed by atoms with Gasteiger partial charge in [-0.15, -0.1) is 0 Å². The summed E-state index contributed by atoms with van der Waals surface area (Å²) in [4.78, 5) is 0. The maximum absolute atomic E-state index is 9.31. The molecule has 0 amide bonds. The van der Waals surface area contributed by atoms with Crippen molar-refractivity contribution in [3.8, 4) is 0 Å². The van der Waals surface area contributed by atoms with E-state index in [2.05, 4.69) is 0 Å². The average Bonchev–Trinajstić information content (AvgIpc) is 2.33. The Balaban J connectivity index is 2.68. The molecule has 0 spiro atoms. The van der Waals surface area contributed by atoms with Gasteiger partial charge in [-0.05, 0) is 12.5 Å². The zero-order valence-electron chi connectivity index (χ0n) is 7.29. The van der Waals surface area contributed by atoms with Crippen LogP contribution in [0.1, 0.15) is 13.3 Å². The highest BCUT2D eigenvalue weighted by molar-refractivity contribution is 5.06. The molecule has 1 aliphatic rings. The molecule has 0 aromatic carbocycles. The van der Waals surface area contributed by atoms with Crippen LogP contribution < -0.4 is 0 Å². The van der Waals surface area contributed by atoms with E-state index >= 15 is 0 Å². The molecule has 4 atom stereocenters. The van der Waals surface area contributed by atoms with Gasteiger partial charge in [0, 0.05) is 0 Å². The van der Waals surface area contributed by atoms with Gasteiger partial charge in [-0.3, -0.25) is 0 Å². The van der Waals surface area contributed by atoms with Gasteiger partial charge < -0.3 is 25.2 Å². The van der Waals surface area contributed by atoms with Crippen LogP contribution in [0, 0.1) is 0 Å². The second-order valence-electron chi connectivity index (χ2n) is 2.97. The monoisotopic (exact) mass is 190 g/mol. The van der Waals surface area contributed by atoms with Crippen LogP contribution in [0.5, 0.6) is 0 Å². The summed E-state index contributed by atoms with van der Waals surface area (Å²) in [5.74, 6) is -0.161. The predicted molar refractivity (Wildman–Crippen MR) is 43.9 cm³/mol. The highest BCUT2D eigenvalue weighted by atomic mass is 16.6. The van der Waals surface area contributed by atoms with Crippen molar-refractivity contribution in [1.29, 1.82) is 0 Å². The fraction of sp³-hybridized carbons (Fsp3) is 0.750. The molecule has 1 aliphatic heterocycles. The Hall–Kier alpha value is -0.620. The molecule has 0 aromatic rings. The molecule has 0 aliphatic carbocycles. The predicted octanol–water partition coefficient (Wildman–Crippen LogP) is -0.723. The van der Waals surface area contributed by atoms with Gasteiger partial charge in [0.2, 0.25) is 0 Å². The molecule has 0 unspecified atom stereocenters. The van der Waals surface area contributed by atoms with Crippen molar-refractivity contribution in [3.05, 3.63) is 11.8 Å². The average molecular weight is 190 g/mol. The SMILES string of the molecule is CCC=C(O)[C@H]1O[C@H](O)[C@H](O)[C@H]1O. The molecule has 0 saturated carbocycles. The van der Waals surface area contributed by atoms with Crippen molar-refractivity contribution >= 4 is 0 Å². The highest BCUT2D eigenvalue weighted by Gasteiger charge is 2.43. The van der Waals surface area contributed by atoms with E-state index in [1.807, 2.05) is 6.92 Å². The first-order chi connectivity index (χ1) is 6.07. The highest BCUT2D eigenvalue weighted by Crippen LogP contribution is 2.23. The van der Waals surface area contributed by atoms with Crippen LogP contribution in [-0.4, -0.2) is 45.0 Å². The van der Waals surface area contributed by atoms with Crippen molar-refractivity contribution in [2.24, 2.45) is 0 Å². The maximum atomic E-state index is 9.31. The Morgan fingerprint density at radius 3 is 2.31 bits per heavy atom. The lowest BCUT2D eigenvalue weighted by Crippen LogP contribution is -2.33. The van der Waals surface area contributed by atoms with Crippen molar-refractivity contribution in [2.45, 2.75) is 37.9 Å². The third-order valence-electron chi connectivity index (χ3n) is 1.94. The minimum absolute atomic E-state index is 0.161. The van der Waals surface area contributed by atoms with Crippen LogP contribution in [0.25, 0.3) is 0 Å². The third kappa shape index (κ3) is 2.00. The number of rotatable bonds is 2. The molecule has 5 nitrogen and oxygen atoms in total. The van der Waals surface area contributed by atoms with Crippen LogP contribution in [0.2, 0.25) is 0 Å². The van der Waals surface area contributed by atoms with Gasteiger partial charge in [0.05, 0.1) is 0 Å². The summed E-state index contributed by atoms with van der Waals surface area (Å²) in [7, 11) is 0. The molecule has 0 bridgehead atoms. The second-order valence-corrected chi connectivity index (χ2v) is 2.97. The molecule has 1 rings (SSSR count). The normalized spacial score (nSPS) is 41.1. The van der Waals surface area contributed by atoms with E-state index in [1.165, 1.54) is 6.08 Å². The third-order valence-corrected chi connectivity index (χ3v) is 1.94. The summed E-state index contributed by atoms with van der Waals surface area (Å²) in [6.45, 7) is 1.81. The molecule has 0 aromatic heterocycles. The lowest BCUT2D eigenvalue weighted by atomic mass is 10.1. The standard InChI is InChI=1S/C8H14O5/c1-2-3-4(9)7-5(10)6(11)8(12)13-7/h3,5-12H,2H2,1H3/t5-,6-,7-,8+/m1/s1. The van der Waals surface area contributed by atoms with Crippen molar-refractivity contribution < 1.29 is 25.2 Å². The molecule has 1 saturated heterocycles. The lowest BCUT2D eigenvalue weighted by molar-refractivity contribution is -0.125. The number of aliphatic hydroxyl groups excluding tert-OH is 4. The Morgan fingerprint density at radius 2 is 1.92 bits per heavy atom. The van der Waals surface area contributed by atoms with Crippen molar-refractivity contribution in [2.75, 3.05) is 0 Å². The first kappa shape index (κ1) is 10.5. The first-order valence-corrected chi connectivity index (χ1v) is 4.16. The van der Waals surface area contributed by atoms with Crippen molar-refractivity contribution in [3.63, 3.8) is 0 Å². The molecule has 1 fully saturated rings. The quantitative estimate of drug-likeness (QED) is 0.431. The van der Waals surface area contributed by atoms with Crippen LogP contribution in [0.15, 0.2) is 11.8 Å². The number of ether oxygens (including phenoxy) is 1. The fourth-order valence-corrected chi connectivity index (χ4v) is 1.23. The summed E-state index contributed by atoms with van der Waals surface area (Å²) in [5.41, 5.74) is 0. The minimum atomic E-state index is -1.44.